The molecule has 1 N–H and O–H groups in total. The summed E-state index contributed by atoms with van der Waals surface area (Å²) >= 11 is 0. The zero-order valence-corrected chi connectivity index (χ0v) is 18.5. The third-order valence-electron chi connectivity index (χ3n) is 5.15. The molecule has 33 heavy (non-hydrogen) atoms. The predicted octanol–water partition coefficient (Wildman–Crippen LogP) is 5.05. The van der Waals surface area contributed by atoms with Gasteiger partial charge < -0.3 is 19.7 Å². The van der Waals surface area contributed by atoms with Crippen molar-refractivity contribution in [1.82, 2.24) is 0 Å². The lowest BCUT2D eigenvalue weighted by Crippen LogP contribution is -2.39. The zero-order valence-electron chi connectivity index (χ0n) is 18.5. The van der Waals surface area contributed by atoms with Gasteiger partial charge in [0.05, 0.1) is 5.69 Å². The van der Waals surface area contributed by atoms with E-state index in [1.54, 1.807) is 29.2 Å². The van der Waals surface area contributed by atoms with Crippen LogP contribution in [-0.4, -0.2) is 25.0 Å². The highest BCUT2D eigenvalue weighted by Gasteiger charge is 2.25. The molecule has 168 valence electrons. The number of fused-ring (bicyclic) bond motifs is 1. The Labute approximate surface area is 193 Å². The van der Waals surface area contributed by atoms with E-state index in [9.17, 15) is 9.59 Å². The molecular weight excluding hydrogens is 416 g/mol. The van der Waals surface area contributed by atoms with E-state index in [-0.39, 0.29) is 18.4 Å². The summed E-state index contributed by atoms with van der Waals surface area (Å²) in [6, 6.07) is 22.8. The van der Waals surface area contributed by atoms with Gasteiger partial charge in [-0.2, -0.15) is 0 Å². The largest absolute Gasteiger partial charge is 0.489 e. The minimum Gasteiger partial charge on any atom is -0.489 e. The van der Waals surface area contributed by atoms with Crippen molar-refractivity contribution in [1.29, 1.82) is 0 Å². The van der Waals surface area contributed by atoms with Crippen LogP contribution >= 0.6 is 0 Å². The normalized spacial score (nSPS) is 12.9. The Morgan fingerprint density at radius 1 is 1.09 bits per heavy atom. The molecule has 0 aliphatic carbocycles. The standard InChI is InChI=1S/C27H26N2O4/c1-2-15-29-24-17-22(12-13-25(24)33-19-27(29)31)28-26(30)14-11-20-9-6-10-23(16-20)32-18-21-7-4-3-5-8-21/h3-14,16-17H,2,15,18-19H2,1H3,(H,28,30)/b14-11+. The monoisotopic (exact) mass is 442 g/mol. The number of rotatable bonds is 8. The van der Waals surface area contributed by atoms with E-state index in [1.807, 2.05) is 61.5 Å². The molecule has 1 heterocycles. The van der Waals surface area contributed by atoms with Crippen LogP contribution in [0.5, 0.6) is 11.5 Å². The van der Waals surface area contributed by atoms with Crippen molar-refractivity contribution in [2.45, 2.75) is 20.0 Å². The average molecular weight is 443 g/mol. The lowest BCUT2D eigenvalue weighted by Gasteiger charge is -2.29. The molecule has 0 aromatic heterocycles. The second-order valence-electron chi connectivity index (χ2n) is 7.69. The Kier molecular flexibility index (Phi) is 7.05. The number of carbonyl (C=O) groups is 2. The van der Waals surface area contributed by atoms with Gasteiger partial charge in [0.15, 0.2) is 6.61 Å². The molecule has 2 amide bonds. The first-order chi connectivity index (χ1) is 16.1. The van der Waals surface area contributed by atoms with Crippen molar-refractivity contribution in [3.63, 3.8) is 0 Å². The van der Waals surface area contributed by atoms with Gasteiger partial charge in [-0.05, 0) is 54.0 Å². The first-order valence-corrected chi connectivity index (χ1v) is 11.0. The van der Waals surface area contributed by atoms with Crippen LogP contribution in [0.4, 0.5) is 11.4 Å². The minimum atomic E-state index is -0.268. The molecule has 3 aromatic rings. The fourth-order valence-electron chi connectivity index (χ4n) is 3.55. The van der Waals surface area contributed by atoms with Crippen LogP contribution < -0.4 is 19.7 Å². The fourth-order valence-corrected chi connectivity index (χ4v) is 3.55. The topological polar surface area (TPSA) is 67.9 Å². The molecule has 0 radical (unpaired) electrons. The summed E-state index contributed by atoms with van der Waals surface area (Å²) in [5, 5.41) is 2.85. The van der Waals surface area contributed by atoms with E-state index >= 15 is 0 Å². The van der Waals surface area contributed by atoms with Gasteiger partial charge in [0, 0.05) is 18.3 Å². The highest BCUT2D eigenvalue weighted by molar-refractivity contribution is 6.03. The Hall–Kier alpha value is -4.06. The maximum Gasteiger partial charge on any atom is 0.265 e. The van der Waals surface area contributed by atoms with Crippen LogP contribution in [-0.2, 0) is 16.2 Å². The third-order valence-corrected chi connectivity index (χ3v) is 5.15. The molecule has 0 unspecified atom stereocenters. The van der Waals surface area contributed by atoms with Crippen molar-refractivity contribution in [3.8, 4) is 11.5 Å². The van der Waals surface area contributed by atoms with Gasteiger partial charge in [-0.25, -0.2) is 0 Å². The lowest BCUT2D eigenvalue weighted by molar-refractivity contribution is -0.121. The number of ether oxygens (including phenoxy) is 2. The number of amides is 2. The fraction of sp³-hybridized carbons (Fsp3) is 0.185. The Balaban J connectivity index is 1.39. The van der Waals surface area contributed by atoms with Crippen molar-refractivity contribution < 1.29 is 19.1 Å². The van der Waals surface area contributed by atoms with Crippen LogP contribution in [0.15, 0.2) is 78.9 Å². The zero-order chi connectivity index (χ0) is 23.0. The molecule has 1 aliphatic heterocycles. The number of carbonyl (C=O) groups excluding carboxylic acids is 2. The summed E-state index contributed by atoms with van der Waals surface area (Å²) < 4.78 is 11.4. The molecule has 0 atom stereocenters. The summed E-state index contributed by atoms with van der Waals surface area (Å²) in [7, 11) is 0. The Morgan fingerprint density at radius 2 is 1.94 bits per heavy atom. The maximum atomic E-state index is 12.5. The van der Waals surface area contributed by atoms with E-state index in [4.69, 9.17) is 9.47 Å². The molecule has 6 nitrogen and oxygen atoms in total. The molecule has 0 fully saturated rings. The van der Waals surface area contributed by atoms with Crippen LogP contribution in [0.25, 0.3) is 6.08 Å². The summed E-state index contributed by atoms with van der Waals surface area (Å²) in [6.07, 6.45) is 4.04. The van der Waals surface area contributed by atoms with Gasteiger partial charge in [0.2, 0.25) is 5.91 Å². The highest BCUT2D eigenvalue weighted by Crippen LogP contribution is 2.34. The lowest BCUT2D eigenvalue weighted by atomic mass is 10.2. The molecule has 6 heteroatoms. The Morgan fingerprint density at radius 3 is 2.76 bits per heavy atom. The SMILES string of the molecule is CCCN1C(=O)COc2ccc(NC(=O)/C=C/c3cccc(OCc4ccccc4)c3)cc21. The van der Waals surface area contributed by atoms with Crippen molar-refractivity contribution >= 4 is 29.3 Å². The number of hydrogen-bond acceptors (Lipinski definition) is 4. The minimum absolute atomic E-state index is 0.0373. The second kappa shape index (κ2) is 10.5. The van der Waals surface area contributed by atoms with Crippen molar-refractivity contribution in [2.24, 2.45) is 0 Å². The average Bonchev–Trinajstić information content (AvgIpc) is 2.84. The highest BCUT2D eigenvalue weighted by atomic mass is 16.5. The number of nitrogens with one attached hydrogen (secondary N) is 1. The van der Waals surface area contributed by atoms with Crippen LogP contribution in [0.3, 0.4) is 0 Å². The van der Waals surface area contributed by atoms with Crippen molar-refractivity contribution in [3.05, 3.63) is 90.0 Å². The quantitative estimate of drug-likeness (QED) is 0.496. The van der Waals surface area contributed by atoms with Gasteiger partial charge >= 0.3 is 0 Å². The molecule has 1 aliphatic rings. The summed E-state index contributed by atoms with van der Waals surface area (Å²) in [6.45, 7) is 3.14. The summed E-state index contributed by atoms with van der Waals surface area (Å²) in [5.74, 6) is 1.03. The number of nitrogens with zero attached hydrogens (tertiary/aromatic N) is 1. The van der Waals surface area contributed by atoms with Gasteiger partial charge in [-0.1, -0.05) is 49.4 Å². The predicted molar refractivity (Wildman–Crippen MR) is 129 cm³/mol. The molecule has 4 rings (SSSR count). The number of benzene rings is 3. The van der Waals surface area contributed by atoms with E-state index in [0.29, 0.717) is 30.3 Å². The van der Waals surface area contributed by atoms with E-state index in [0.717, 1.165) is 23.3 Å². The van der Waals surface area contributed by atoms with Crippen LogP contribution in [0, 0.1) is 0 Å². The molecule has 0 spiro atoms. The smallest absolute Gasteiger partial charge is 0.265 e. The Bertz CT molecular complexity index is 1160. The van der Waals surface area contributed by atoms with Crippen molar-refractivity contribution in [2.75, 3.05) is 23.4 Å². The maximum absolute atomic E-state index is 12.5. The molecule has 0 saturated carbocycles. The molecular formula is C27H26N2O4. The molecule has 0 saturated heterocycles. The number of hydrogen-bond donors (Lipinski definition) is 1. The van der Waals surface area contributed by atoms with Gasteiger partial charge in [-0.3, -0.25) is 9.59 Å². The van der Waals surface area contributed by atoms with Crippen LogP contribution in [0.1, 0.15) is 24.5 Å². The first-order valence-electron chi connectivity index (χ1n) is 11.0. The van der Waals surface area contributed by atoms with E-state index in [1.165, 1.54) is 6.08 Å². The second-order valence-corrected chi connectivity index (χ2v) is 7.69. The summed E-state index contributed by atoms with van der Waals surface area (Å²) in [5.41, 5.74) is 3.22. The number of anilines is 2. The van der Waals surface area contributed by atoms with E-state index < -0.39 is 0 Å². The van der Waals surface area contributed by atoms with Gasteiger partial charge in [-0.15, -0.1) is 0 Å². The van der Waals surface area contributed by atoms with Gasteiger partial charge in [0.1, 0.15) is 18.1 Å². The first kappa shape index (κ1) is 22.1. The van der Waals surface area contributed by atoms with Crippen LogP contribution in [0.2, 0.25) is 0 Å². The molecule has 3 aromatic carbocycles. The van der Waals surface area contributed by atoms with Gasteiger partial charge in [0.25, 0.3) is 5.91 Å². The third kappa shape index (κ3) is 5.80. The molecule has 0 bridgehead atoms. The summed E-state index contributed by atoms with van der Waals surface area (Å²) in [4.78, 5) is 26.4. The van der Waals surface area contributed by atoms with E-state index in [2.05, 4.69) is 5.32 Å².